The normalized spacial score (nSPS) is 10.4. The topological polar surface area (TPSA) is 99.5 Å². The Morgan fingerprint density at radius 3 is 2.45 bits per heavy atom. The number of para-hydroxylation sites is 1. The van der Waals surface area contributed by atoms with Crippen LogP contribution in [0.3, 0.4) is 0 Å². The van der Waals surface area contributed by atoms with Crippen molar-refractivity contribution in [2.24, 2.45) is 0 Å². The molecular formula is C23H23N3O5. The van der Waals surface area contributed by atoms with Gasteiger partial charge in [-0.25, -0.2) is 14.3 Å². The Balaban J connectivity index is 1.89. The van der Waals surface area contributed by atoms with Gasteiger partial charge in [0.25, 0.3) is 5.91 Å². The van der Waals surface area contributed by atoms with Crippen LogP contribution in [0.1, 0.15) is 28.4 Å². The van der Waals surface area contributed by atoms with Gasteiger partial charge in [-0.2, -0.15) is 5.10 Å². The highest BCUT2D eigenvalue weighted by molar-refractivity contribution is 5.99. The number of rotatable bonds is 6. The second kappa shape index (κ2) is 9.71. The first-order valence-electron chi connectivity index (χ1n) is 9.75. The number of ether oxygens (including phenoxy) is 2. The minimum absolute atomic E-state index is 0.122. The van der Waals surface area contributed by atoms with E-state index in [0.29, 0.717) is 5.69 Å². The van der Waals surface area contributed by atoms with E-state index in [2.05, 4.69) is 9.84 Å². The maximum atomic E-state index is 12.8. The van der Waals surface area contributed by atoms with Crippen LogP contribution < -0.4 is 5.32 Å². The Kier molecular flexibility index (Phi) is 6.81. The molecule has 0 aliphatic carbocycles. The van der Waals surface area contributed by atoms with Crippen LogP contribution in [-0.2, 0) is 14.3 Å². The highest BCUT2D eigenvalue weighted by atomic mass is 16.6. The fourth-order valence-electron chi connectivity index (χ4n) is 3.04. The molecule has 0 saturated heterocycles. The number of hydrogen-bond donors (Lipinski definition) is 1. The van der Waals surface area contributed by atoms with E-state index in [9.17, 15) is 14.4 Å². The van der Waals surface area contributed by atoms with Crippen molar-refractivity contribution in [3.8, 4) is 16.9 Å². The summed E-state index contributed by atoms with van der Waals surface area (Å²) in [7, 11) is 0. The zero-order valence-electron chi connectivity index (χ0n) is 17.5. The quantitative estimate of drug-likeness (QED) is 0.611. The summed E-state index contributed by atoms with van der Waals surface area (Å²) < 4.78 is 11.4. The predicted molar refractivity (Wildman–Crippen MR) is 114 cm³/mol. The van der Waals surface area contributed by atoms with Crippen molar-refractivity contribution in [1.29, 1.82) is 0 Å². The van der Waals surface area contributed by atoms with Gasteiger partial charge in [-0.1, -0.05) is 42.0 Å². The van der Waals surface area contributed by atoms with Crippen LogP contribution in [0.25, 0.3) is 16.9 Å². The minimum Gasteiger partial charge on any atom is -0.452 e. The van der Waals surface area contributed by atoms with Crippen LogP contribution >= 0.6 is 0 Å². The van der Waals surface area contributed by atoms with Crippen LogP contribution in [-0.4, -0.2) is 41.0 Å². The van der Waals surface area contributed by atoms with E-state index in [-0.39, 0.29) is 12.2 Å². The molecule has 2 aromatic carbocycles. The van der Waals surface area contributed by atoms with Gasteiger partial charge in [-0.15, -0.1) is 0 Å². The van der Waals surface area contributed by atoms with Crippen LogP contribution in [0.5, 0.6) is 0 Å². The van der Waals surface area contributed by atoms with Gasteiger partial charge >= 0.3 is 12.1 Å². The number of hydrogen-bond acceptors (Lipinski definition) is 6. The molecule has 0 bridgehead atoms. The first-order chi connectivity index (χ1) is 14.9. The molecule has 0 aliphatic rings. The number of alkyl carbamates (subject to hydrolysis) is 1. The number of benzene rings is 2. The molecule has 3 rings (SSSR count). The summed E-state index contributed by atoms with van der Waals surface area (Å²) in [6.45, 7) is 5.03. The maximum Gasteiger partial charge on any atom is 0.413 e. The summed E-state index contributed by atoms with van der Waals surface area (Å²) in [5, 5.41) is 6.59. The van der Waals surface area contributed by atoms with Gasteiger partial charge in [0, 0.05) is 11.8 Å². The third-order valence-corrected chi connectivity index (χ3v) is 4.44. The van der Waals surface area contributed by atoms with Crippen molar-refractivity contribution in [2.45, 2.75) is 20.8 Å². The molecule has 3 aromatic rings. The number of aromatic nitrogens is 2. The fraction of sp³-hybridized carbons (Fsp3) is 0.217. The van der Waals surface area contributed by atoms with Crippen molar-refractivity contribution in [3.05, 3.63) is 71.4 Å². The number of nitrogens with zero attached hydrogens (tertiary/aromatic N) is 2. The lowest BCUT2D eigenvalue weighted by Crippen LogP contribution is -2.34. The second-order valence-electron chi connectivity index (χ2n) is 6.83. The Labute approximate surface area is 179 Å². The lowest BCUT2D eigenvalue weighted by molar-refractivity contribution is -0.123. The molecule has 0 saturated carbocycles. The number of amides is 2. The number of imide groups is 1. The molecule has 2 amide bonds. The van der Waals surface area contributed by atoms with Crippen molar-refractivity contribution in [2.75, 3.05) is 13.2 Å². The average molecular weight is 421 g/mol. The molecule has 31 heavy (non-hydrogen) atoms. The number of carbonyl (C=O) groups is 3. The van der Waals surface area contributed by atoms with E-state index in [0.717, 1.165) is 22.4 Å². The number of esters is 1. The average Bonchev–Trinajstić information content (AvgIpc) is 3.18. The molecule has 160 valence electrons. The van der Waals surface area contributed by atoms with Crippen LogP contribution in [0, 0.1) is 13.8 Å². The van der Waals surface area contributed by atoms with Gasteiger partial charge in [0.2, 0.25) is 0 Å². The van der Waals surface area contributed by atoms with E-state index in [1.165, 1.54) is 0 Å². The third kappa shape index (κ3) is 5.36. The Bertz CT molecular complexity index is 1110. The third-order valence-electron chi connectivity index (χ3n) is 4.44. The molecule has 0 unspecified atom stereocenters. The van der Waals surface area contributed by atoms with Gasteiger partial charge in [-0.05, 0) is 38.5 Å². The number of nitrogens with one attached hydrogen (secondary N) is 1. The van der Waals surface area contributed by atoms with Crippen LogP contribution in [0.15, 0.2) is 54.7 Å². The predicted octanol–water partition coefficient (Wildman–Crippen LogP) is 3.59. The molecule has 8 nitrogen and oxygen atoms in total. The summed E-state index contributed by atoms with van der Waals surface area (Å²) in [5.41, 5.74) is 4.24. The summed E-state index contributed by atoms with van der Waals surface area (Å²) in [6.07, 6.45) is 0.673. The van der Waals surface area contributed by atoms with Crippen molar-refractivity contribution >= 4 is 18.0 Å². The van der Waals surface area contributed by atoms with Crippen molar-refractivity contribution < 1.29 is 23.9 Å². The summed E-state index contributed by atoms with van der Waals surface area (Å²) in [4.78, 5) is 36.0. The minimum atomic E-state index is -0.892. The zero-order chi connectivity index (χ0) is 22.4. The van der Waals surface area contributed by atoms with Crippen LogP contribution in [0.2, 0.25) is 0 Å². The van der Waals surface area contributed by atoms with E-state index in [1.54, 1.807) is 17.8 Å². The van der Waals surface area contributed by atoms with E-state index in [4.69, 9.17) is 4.74 Å². The van der Waals surface area contributed by atoms with Gasteiger partial charge in [-0.3, -0.25) is 10.1 Å². The number of carbonyl (C=O) groups excluding carboxylic acids is 3. The lowest BCUT2D eigenvalue weighted by atomic mass is 10.0. The molecule has 0 atom stereocenters. The molecule has 8 heteroatoms. The van der Waals surface area contributed by atoms with Crippen molar-refractivity contribution in [1.82, 2.24) is 15.1 Å². The largest absolute Gasteiger partial charge is 0.452 e. The summed E-state index contributed by atoms with van der Waals surface area (Å²) in [5.74, 6) is -1.51. The Morgan fingerprint density at radius 2 is 1.77 bits per heavy atom. The lowest BCUT2D eigenvalue weighted by Gasteiger charge is -2.08. The van der Waals surface area contributed by atoms with Gasteiger partial charge in [0.1, 0.15) is 11.3 Å². The number of aryl methyl sites for hydroxylation is 2. The SMILES string of the molecule is CCOC(=O)NC(=O)COC(=O)c1cn(-c2ccccc2)nc1-c1ccc(C)cc1C. The second-order valence-corrected chi connectivity index (χ2v) is 6.83. The molecule has 0 spiro atoms. The molecule has 0 fully saturated rings. The Hall–Kier alpha value is -3.94. The molecule has 1 aromatic heterocycles. The molecule has 1 N–H and O–H groups in total. The van der Waals surface area contributed by atoms with Crippen LogP contribution in [0.4, 0.5) is 4.79 Å². The van der Waals surface area contributed by atoms with Gasteiger partial charge in [0.05, 0.1) is 12.3 Å². The highest BCUT2D eigenvalue weighted by Crippen LogP contribution is 2.28. The molecule has 1 heterocycles. The smallest absolute Gasteiger partial charge is 0.413 e. The fourth-order valence-corrected chi connectivity index (χ4v) is 3.04. The summed E-state index contributed by atoms with van der Waals surface area (Å²) >= 11 is 0. The Morgan fingerprint density at radius 1 is 1.03 bits per heavy atom. The highest BCUT2D eigenvalue weighted by Gasteiger charge is 2.22. The molecule has 0 radical (unpaired) electrons. The zero-order valence-corrected chi connectivity index (χ0v) is 17.5. The molecule has 0 aliphatic heterocycles. The summed E-state index contributed by atoms with van der Waals surface area (Å²) in [6, 6.07) is 15.2. The first kappa shape index (κ1) is 21.8. The molecular weight excluding hydrogens is 398 g/mol. The monoisotopic (exact) mass is 421 g/mol. The van der Waals surface area contributed by atoms with Gasteiger partial charge in [0.15, 0.2) is 6.61 Å². The van der Waals surface area contributed by atoms with Crippen molar-refractivity contribution in [3.63, 3.8) is 0 Å². The van der Waals surface area contributed by atoms with Gasteiger partial charge < -0.3 is 9.47 Å². The van der Waals surface area contributed by atoms with E-state index in [1.807, 2.05) is 67.7 Å². The maximum absolute atomic E-state index is 12.8. The van der Waals surface area contributed by atoms with E-state index >= 15 is 0 Å². The standard InChI is InChI=1S/C23H23N3O5/c1-4-30-23(29)24-20(27)14-31-22(28)19-13-26(17-8-6-5-7-9-17)25-21(19)18-11-10-15(2)12-16(18)3/h5-13H,4,14H2,1-3H3,(H,24,27,29). The van der Waals surface area contributed by atoms with E-state index < -0.39 is 24.6 Å². The first-order valence-corrected chi connectivity index (χ1v) is 9.75.